The van der Waals surface area contributed by atoms with Crippen molar-refractivity contribution >= 4 is 22.6 Å². The first kappa shape index (κ1) is 21.5. The fourth-order valence-electron chi connectivity index (χ4n) is 3.42. The van der Waals surface area contributed by atoms with E-state index in [1.165, 1.54) is 5.56 Å². The van der Waals surface area contributed by atoms with Gasteiger partial charge in [0.25, 0.3) is 0 Å². The molecule has 0 amide bonds. The summed E-state index contributed by atoms with van der Waals surface area (Å²) in [6.45, 7) is 8.80. The molecule has 31 heavy (non-hydrogen) atoms. The Balaban J connectivity index is 1.54. The normalized spacial score (nSPS) is 11.5. The van der Waals surface area contributed by atoms with Crippen molar-refractivity contribution in [3.05, 3.63) is 70.4 Å². The van der Waals surface area contributed by atoms with Crippen LogP contribution < -0.4 is 10.1 Å². The van der Waals surface area contributed by atoms with Gasteiger partial charge in [0.05, 0.1) is 17.6 Å². The Kier molecular flexibility index (Phi) is 6.64. The van der Waals surface area contributed by atoms with E-state index in [1.807, 2.05) is 36.4 Å². The van der Waals surface area contributed by atoms with E-state index in [1.54, 1.807) is 0 Å². The smallest absolute Gasteiger partial charge is 0.174 e. The maximum absolute atomic E-state index is 6.23. The van der Waals surface area contributed by atoms with E-state index < -0.39 is 0 Å². The largest absolute Gasteiger partial charge is 0.493 e. The third-order valence-electron chi connectivity index (χ3n) is 4.98. The number of benzene rings is 2. The minimum atomic E-state index is 0.449. The van der Waals surface area contributed by atoms with E-state index in [4.69, 9.17) is 20.8 Å². The second kappa shape index (κ2) is 9.58. The Morgan fingerprint density at radius 1 is 1.13 bits per heavy atom. The van der Waals surface area contributed by atoms with Gasteiger partial charge in [-0.3, -0.25) is 0 Å². The molecule has 0 saturated carbocycles. The molecule has 4 rings (SSSR count). The summed E-state index contributed by atoms with van der Waals surface area (Å²) in [5.74, 6) is 3.56. The van der Waals surface area contributed by atoms with Crippen LogP contribution in [0.5, 0.6) is 5.75 Å². The summed E-state index contributed by atoms with van der Waals surface area (Å²) < 4.78 is 12.1. The Hall–Kier alpha value is -2.76. The van der Waals surface area contributed by atoms with Crippen molar-refractivity contribution in [3.8, 4) is 17.3 Å². The van der Waals surface area contributed by atoms with Crippen molar-refractivity contribution < 1.29 is 9.15 Å². The Bertz CT molecular complexity index is 1160. The minimum absolute atomic E-state index is 0.449. The van der Waals surface area contributed by atoms with Crippen molar-refractivity contribution in [1.29, 1.82) is 0 Å². The van der Waals surface area contributed by atoms with Crippen LogP contribution >= 0.6 is 11.6 Å². The summed E-state index contributed by atoms with van der Waals surface area (Å²) in [4.78, 5) is 8.07. The number of fused-ring (bicyclic) bond motifs is 1. The van der Waals surface area contributed by atoms with Crippen LogP contribution in [0.15, 0.2) is 52.9 Å². The monoisotopic (exact) mass is 437 g/mol. The van der Waals surface area contributed by atoms with Crippen molar-refractivity contribution in [2.24, 2.45) is 5.92 Å². The summed E-state index contributed by atoms with van der Waals surface area (Å²) in [5, 5.41) is 4.03. The van der Waals surface area contributed by atoms with Gasteiger partial charge in [-0.15, -0.1) is 0 Å². The van der Waals surface area contributed by atoms with Gasteiger partial charge < -0.3 is 19.5 Å². The maximum Gasteiger partial charge on any atom is 0.174 e. The summed E-state index contributed by atoms with van der Waals surface area (Å²) in [7, 11) is 0. The molecule has 0 bridgehead atoms. The van der Waals surface area contributed by atoms with E-state index in [0.717, 1.165) is 47.0 Å². The number of H-pyrrole nitrogens is 1. The second-order valence-electron chi connectivity index (χ2n) is 8.12. The fraction of sp³-hybridized carbons (Fsp3) is 0.320. The molecular formula is C25H28ClN3O2. The average molecular weight is 438 g/mol. The van der Waals surface area contributed by atoms with E-state index in [9.17, 15) is 0 Å². The van der Waals surface area contributed by atoms with Gasteiger partial charge in [-0.05, 0) is 60.5 Å². The minimum Gasteiger partial charge on any atom is -0.493 e. The summed E-state index contributed by atoms with van der Waals surface area (Å²) in [6, 6.07) is 15.9. The van der Waals surface area contributed by atoms with Crippen LogP contribution in [0.4, 0.5) is 0 Å². The SMILES string of the molecule is CCNCc1ccc2nc(-c3ccc(Cc4cc(Cl)ccc4OCC(C)C)o3)[nH]c2c1. The number of imidazole rings is 1. The zero-order chi connectivity index (χ0) is 21.8. The van der Waals surface area contributed by atoms with Gasteiger partial charge >= 0.3 is 0 Å². The van der Waals surface area contributed by atoms with E-state index >= 15 is 0 Å². The molecule has 0 radical (unpaired) electrons. The molecule has 0 aliphatic heterocycles. The topological polar surface area (TPSA) is 63.1 Å². The maximum atomic E-state index is 6.23. The highest BCUT2D eigenvalue weighted by atomic mass is 35.5. The molecule has 0 atom stereocenters. The van der Waals surface area contributed by atoms with Gasteiger partial charge in [-0.2, -0.15) is 0 Å². The molecule has 6 heteroatoms. The number of ether oxygens (including phenoxy) is 1. The quantitative estimate of drug-likeness (QED) is 0.326. The van der Waals surface area contributed by atoms with E-state index in [0.29, 0.717) is 29.7 Å². The van der Waals surface area contributed by atoms with Crippen molar-refractivity contribution in [2.45, 2.75) is 33.7 Å². The fourth-order valence-corrected chi connectivity index (χ4v) is 3.62. The molecule has 0 fully saturated rings. The molecule has 0 unspecified atom stereocenters. The summed E-state index contributed by atoms with van der Waals surface area (Å²) >= 11 is 6.23. The number of hydrogen-bond acceptors (Lipinski definition) is 4. The molecule has 0 aliphatic carbocycles. The molecule has 5 nitrogen and oxygen atoms in total. The van der Waals surface area contributed by atoms with Crippen molar-refractivity contribution in [3.63, 3.8) is 0 Å². The lowest BCUT2D eigenvalue weighted by atomic mass is 10.1. The van der Waals surface area contributed by atoms with Gasteiger partial charge in [-0.25, -0.2) is 4.98 Å². The van der Waals surface area contributed by atoms with Crippen LogP contribution in [0.3, 0.4) is 0 Å². The number of furan rings is 1. The zero-order valence-electron chi connectivity index (χ0n) is 18.2. The predicted molar refractivity (Wildman–Crippen MR) is 126 cm³/mol. The van der Waals surface area contributed by atoms with E-state index in [2.05, 4.69) is 48.2 Å². The van der Waals surface area contributed by atoms with Gasteiger partial charge in [-0.1, -0.05) is 38.4 Å². The van der Waals surface area contributed by atoms with Crippen LogP contribution in [0.25, 0.3) is 22.6 Å². The number of halogens is 1. The Morgan fingerprint density at radius 2 is 2.00 bits per heavy atom. The average Bonchev–Trinajstić information content (AvgIpc) is 3.38. The van der Waals surface area contributed by atoms with Crippen molar-refractivity contribution in [2.75, 3.05) is 13.2 Å². The Labute approximate surface area is 187 Å². The van der Waals surface area contributed by atoms with Gasteiger partial charge in [0.2, 0.25) is 0 Å². The van der Waals surface area contributed by atoms with Crippen LogP contribution in [0.2, 0.25) is 5.02 Å². The molecule has 2 aromatic heterocycles. The molecule has 0 spiro atoms. The molecule has 4 aromatic rings. The van der Waals surface area contributed by atoms with Gasteiger partial charge in [0, 0.05) is 23.6 Å². The van der Waals surface area contributed by atoms with Crippen LogP contribution in [0, 0.1) is 5.92 Å². The molecule has 0 saturated heterocycles. The number of nitrogens with one attached hydrogen (secondary N) is 2. The highest BCUT2D eigenvalue weighted by molar-refractivity contribution is 6.30. The predicted octanol–water partition coefficient (Wildman–Crippen LogP) is 6.21. The van der Waals surface area contributed by atoms with Gasteiger partial charge in [0.1, 0.15) is 11.5 Å². The molecule has 2 N–H and O–H groups in total. The van der Waals surface area contributed by atoms with Crippen LogP contribution in [-0.4, -0.2) is 23.1 Å². The first-order valence-electron chi connectivity index (χ1n) is 10.7. The Morgan fingerprint density at radius 3 is 2.81 bits per heavy atom. The lowest BCUT2D eigenvalue weighted by molar-refractivity contribution is 0.268. The van der Waals surface area contributed by atoms with Crippen molar-refractivity contribution in [1.82, 2.24) is 15.3 Å². The van der Waals surface area contributed by atoms with Crippen LogP contribution in [0.1, 0.15) is 37.7 Å². The number of rotatable bonds is 9. The third-order valence-corrected chi connectivity index (χ3v) is 5.21. The first-order valence-corrected chi connectivity index (χ1v) is 11.1. The molecule has 2 aromatic carbocycles. The number of aromatic nitrogens is 2. The number of aromatic amines is 1. The third kappa shape index (κ3) is 5.30. The lowest BCUT2D eigenvalue weighted by Crippen LogP contribution is -2.11. The van der Waals surface area contributed by atoms with E-state index in [-0.39, 0.29) is 0 Å². The second-order valence-corrected chi connectivity index (χ2v) is 8.55. The standard InChI is InChI=1S/C25H28ClN3O2/c1-4-27-14-17-5-8-21-22(11-17)29-25(28-21)24-10-7-20(31-24)13-18-12-19(26)6-9-23(18)30-15-16(2)3/h5-12,16,27H,4,13-15H2,1-3H3,(H,28,29). The van der Waals surface area contributed by atoms with Crippen LogP contribution in [-0.2, 0) is 13.0 Å². The molecule has 162 valence electrons. The molecule has 0 aliphatic rings. The molecular weight excluding hydrogens is 410 g/mol. The molecule has 2 heterocycles. The summed E-state index contributed by atoms with van der Waals surface area (Å²) in [5.41, 5.74) is 4.15. The van der Waals surface area contributed by atoms with Gasteiger partial charge in [0.15, 0.2) is 11.6 Å². The zero-order valence-corrected chi connectivity index (χ0v) is 18.9. The number of nitrogens with zero attached hydrogens (tertiary/aromatic N) is 1. The summed E-state index contributed by atoms with van der Waals surface area (Å²) in [6.07, 6.45) is 0.598. The number of hydrogen-bond donors (Lipinski definition) is 2. The lowest BCUT2D eigenvalue weighted by Gasteiger charge is -2.13. The highest BCUT2D eigenvalue weighted by Crippen LogP contribution is 2.29. The first-order chi connectivity index (χ1) is 15.0. The highest BCUT2D eigenvalue weighted by Gasteiger charge is 2.13.